The van der Waals surface area contributed by atoms with Gasteiger partial charge >= 0.3 is 22.9 Å². The Morgan fingerprint density at radius 1 is 1.00 bits per heavy atom. The first-order chi connectivity index (χ1) is 9.18. The quantitative estimate of drug-likeness (QED) is 0.285. The summed E-state index contributed by atoms with van der Waals surface area (Å²) in [4.78, 5) is 0. The molecule has 0 aliphatic heterocycles. The Morgan fingerprint density at radius 2 is 1.48 bits per heavy atom. The molecule has 1 aromatic carbocycles. The molecular formula is C8H8F6N2O4S. The molecule has 0 fully saturated rings. The lowest BCUT2D eigenvalue weighted by Gasteiger charge is -2.12. The van der Waals surface area contributed by atoms with Crippen LogP contribution in [0.15, 0.2) is 24.3 Å². The van der Waals surface area contributed by atoms with Crippen molar-refractivity contribution in [2.45, 2.75) is 12.5 Å². The van der Waals surface area contributed by atoms with E-state index in [4.69, 9.17) is 17.5 Å². The van der Waals surface area contributed by atoms with Crippen molar-refractivity contribution in [3.63, 3.8) is 0 Å². The predicted molar refractivity (Wildman–Crippen MR) is 58.4 cm³/mol. The summed E-state index contributed by atoms with van der Waals surface area (Å²) in [6.45, 7) is 0. The van der Waals surface area contributed by atoms with Crippen molar-refractivity contribution in [1.29, 1.82) is 0 Å². The van der Waals surface area contributed by atoms with Crippen LogP contribution in [0.4, 0.5) is 32.0 Å². The van der Waals surface area contributed by atoms with Gasteiger partial charge in [-0.25, -0.2) is 0 Å². The topological polar surface area (TPSA) is 98.7 Å². The molecule has 1 rings (SSSR count). The van der Waals surface area contributed by atoms with E-state index in [1.54, 1.807) is 5.43 Å². The summed E-state index contributed by atoms with van der Waals surface area (Å²) in [6, 6.07) is 3.41. The second-order valence-corrected chi connectivity index (χ2v) is 4.17. The first-order valence-electron chi connectivity index (χ1n) is 4.65. The molecule has 0 aromatic heterocycles. The van der Waals surface area contributed by atoms with Gasteiger partial charge in [0.15, 0.2) is 0 Å². The van der Waals surface area contributed by atoms with E-state index in [2.05, 4.69) is 0 Å². The molecule has 1 aromatic rings. The standard InChI is InChI=1S/C8H6F6N2.H2O4S/c9-7(10,11)5-2-1-3-6(4-5)15-16-8(12,13)14;1-5(2,3)4/h1-4,15-16H;(H2,1,2,3,4). The predicted octanol–water partition coefficient (Wildman–Crippen LogP) is 2.49. The molecule has 6 nitrogen and oxygen atoms in total. The Balaban J connectivity index is 0.000000690. The highest BCUT2D eigenvalue weighted by Gasteiger charge is 2.31. The largest absolute Gasteiger partial charge is 0.474 e. The van der Waals surface area contributed by atoms with Gasteiger partial charge in [0.1, 0.15) is 0 Å². The first kappa shape index (κ1) is 19.4. The second kappa shape index (κ2) is 6.93. The molecule has 13 heteroatoms. The molecular weight excluding hydrogens is 334 g/mol. The molecule has 0 spiro atoms. The minimum absolute atomic E-state index is 0.327. The van der Waals surface area contributed by atoms with Gasteiger partial charge in [-0.3, -0.25) is 9.11 Å². The molecule has 122 valence electrons. The van der Waals surface area contributed by atoms with Crippen LogP contribution in [0.5, 0.6) is 0 Å². The Hall–Kier alpha value is -1.57. The minimum atomic E-state index is -4.71. The highest BCUT2D eigenvalue weighted by atomic mass is 32.3. The lowest BCUT2D eigenvalue weighted by atomic mass is 10.2. The van der Waals surface area contributed by atoms with Gasteiger partial charge in [-0.05, 0) is 18.2 Å². The number of rotatable bonds is 2. The van der Waals surface area contributed by atoms with Crippen molar-refractivity contribution in [3.05, 3.63) is 29.8 Å². The van der Waals surface area contributed by atoms with Gasteiger partial charge in [-0.15, -0.1) is 5.43 Å². The van der Waals surface area contributed by atoms with Gasteiger partial charge in [0.2, 0.25) is 0 Å². The molecule has 0 saturated carbocycles. The number of hydrogen-bond acceptors (Lipinski definition) is 4. The maximum atomic E-state index is 12.2. The molecule has 0 heterocycles. The second-order valence-electron chi connectivity index (χ2n) is 3.27. The average molecular weight is 342 g/mol. The number of nitrogens with one attached hydrogen (secondary N) is 2. The molecule has 0 saturated heterocycles. The summed E-state index contributed by atoms with van der Waals surface area (Å²) in [5, 5.41) is 0. The number of hydrogen-bond donors (Lipinski definition) is 4. The summed E-state index contributed by atoms with van der Waals surface area (Å²) in [5.41, 5.74) is 1.17. The van der Waals surface area contributed by atoms with Crippen molar-refractivity contribution in [2.24, 2.45) is 0 Å². The Kier molecular flexibility index (Phi) is 6.41. The summed E-state index contributed by atoms with van der Waals surface area (Å²) in [5.74, 6) is 0. The zero-order valence-corrected chi connectivity index (χ0v) is 10.5. The highest BCUT2D eigenvalue weighted by Crippen LogP contribution is 2.30. The Morgan fingerprint density at radius 3 is 1.86 bits per heavy atom. The number of benzene rings is 1. The Bertz CT molecular complexity index is 549. The number of hydrazine groups is 1. The van der Waals surface area contributed by atoms with E-state index in [0.29, 0.717) is 6.07 Å². The van der Waals surface area contributed by atoms with Crippen molar-refractivity contribution >= 4 is 16.1 Å². The number of halogens is 6. The van der Waals surface area contributed by atoms with Gasteiger partial charge in [-0.2, -0.15) is 34.8 Å². The van der Waals surface area contributed by atoms with Crippen LogP contribution < -0.4 is 10.9 Å². The van der Waals surface area contributed by atoms with Gasteiger partial charge in [-0.1, -0.05) is 6.07 Å². The third-order valence-electron chi connectivity index (χ3n) is 1.54. The van der Waals surface area contributed by atoms with Crippen molar-refractivity contribution in [2.75, 3.05) is 5.43 Å². The van der Waals surface area contributed by atoms with E-state index in [0.717, 1.165) is 23.6 Å². The maximum absolute atomic E-state index is 12.2. The van der Waals surface area contributed by atoms with E-state index in [-0.39, 0.29) is 5.69 Å². The van der Waals surface area contributed by atoms with Crippen LogP contribution in [0, 0.1) is 0 Å². The zero-order chi connectivity index (χ0) is 16.9. The highest BCUT2D eigenvalue weighted by molar-refractivity contribution is 7.79. The third-order valence-corrected chi connectivity index (χ3v) is 1.54. The van der Waals surface area contributed by atoms with Crippen LogP contribution >= 0.6 is 0 Å². The van der Waals surface area contributed by atoms with Crippen LogP contribution in [0.1, 0.15) is 5.56 Å². The van der Waals surface area contributed by atoms with Crippen LogP contribution in [0.2, 0.25) is 0 Å². The molecule has 0 unspecified atom stereocenters. The number of anilines is 1. The fourth-order valence-corrected chi connectivity index (χ4v) is 0.916. The van der Waals surface area contributed by atoms with Crippen LogP contribution in [0.3, 0.4) is 0 Å². The monoisotopic (exact) mass is 342 g/mol. The molecule has 0 bridgehead atoms. The molecule has 4 N–H and O–H groups in total. The summed E-state index contributed by atoms with van der Waals surface area (Å²) >= 11 is 0. The SMILES string of the molecule is FC(F)(F)NNc1cccc(C(F)(F)F)c1.O=S(=O)(O)O. The molecule has 0 radical (unpaired) electrons. The fraction of sp³-hybridized carbons (Fsp3) is 0.250. The molecule has 0 amide bonds. The van der Waals surface area contributed by atoms with Crippen LogP contribution in [-0.4, -0.2) is 23.8 Å². The summed E-state index contributed by atoms with van der Waals surface area (Å²) in [6.07, 6.45) is -9.30. The van der Waals surface area contributed by atoms with Gasteiger partial charge in [0.25, 0.3) is 0 Å². The van der Waals surface area contributed by atoms with Crippen molar-refractivity contribution in [1.82, 2.24) is 5.43 Å². The molecule has 0 atom stereocenters. The van der Waals surface area contributed by atoms with Crippen molar-refractivity contribution in [3.8, 4) is 0 Å². The minimum Gasteiger partial charge on any atom is -0.314 e. The van der Waals surface area contributed by atoms with Crippen molar-refractivity contribution < 1.29 is 43.9 Å². The maximum Gasteiger partial charge on any atom is 0.474 e. The third kappa shape index (κ3) is 11.9. The summed E-state index contributed by atoms with van der Waals surface area (Å²) in [7, 11) is -4.67. The zero-order valence-electron chi connectivity index (χ0n) is 9.70. The molecule has 0 aliphatic carbocycles. The smallest absolute Gasteiger partial charge is 0.314 e. The van der Waals surface area contributed by atoms with E-state index in [9.17, 15) is 26.3 Å². The lowest BCUT2D eigenvalue weighted by molar-refractivity contribution is -0.151. The number of alkyl halides is 6. The normalized spacial score (nSPS) is 12.4. The van der Waals surface area contributed by atoms with E-state index in [1.165, 1.54) is 0 Å². The van der Waals surface area contributed by atoms with Gasteiger partial charge in [0.05, 0.1) is 5.56 Å². The van der Waals surface area contributed by atoms with Gasteiger partial charge < -0.3 is 5.43 Å². The van der Waals surface area contributed by atoms with E-state index >= 15 is 0 Å². The lowest BCUT2D eigenvalue weighted by Crippen LogP contribution is -2.36. The first-order valence-corrected chi connectivity index (χ1v) is 6.05. The van der Waals surface area contributed by atoms with E-state index in [1.807, 2.05) is 0 Å². The summed E-state index contributed by atoms with van der Waals surface area (Å²) < 4.78 is 103. The van der Waals surface area contributed by atoms with Crippen LogP contribution in [-0.2, 0) is 16.6 Å². The van der Waals surface area contributed by atoms with Crippen LogP contribution in [0.25, 0.3) is 0 Å². The molecule has 0 aliphatic rings. The average Bonchev–Trinajstić information content (AvgIpc) is 2.22. The van der Waals surface area contributed by atoms with E-state index < -0.39 is 28.4 Å². The molecule has 21 heavy (non-hydrogen) atoms. The fourth-order valence-electron chi connectivity index (χ4n) is 0.916. The van der Waals surface area contributed by atoms with Gasteiger partial charge in [0, 0.05) is 5.69 Å². The Labute approximate surface area is 114 Å².